The Labute approximate surface area is 187 Å². The second-order valence-electron chi connectivity index (χ2n) is 7.56. The molecule has 0 heterocycles. The van der Waals surface area contributed by atoms with Crippen molar-refractivity contribution in [2.75, 3.05) is 12.4 Å². The largest absolute Gasteiger partial charge is 0.494 e. The summed E-state index contributed by atoms with van der Waals surface area (Å²) in [6.07, 6.45) is -10.3. The van der Waals surface area contributed by atoms with Gasteiger partial charge in [-0.05, 0) is 29.7 Å². The van der Waals surface area contributed by atoms with Gasteiger partial charge >= 0.3 is 22.4 Å². The molecule has 2 aromatic carbocycles. The number of nitrogens with one attached hydrogen (secondary N) is 2. The van der Waals surface area contributed by atoms with Crippen LogP contribution in [0.1, 0.15) is 28.9 Å². The van der Waals surface area contributed by atoms with Gasteiger partial charge in [0.1, 0.15) is 10.6 Å². The topological polar surface area (TPSA) is 90.8 Å². The summed E-state index contributed by atoms with van der Waals surface area (Å²) in [5.74, 6) is -1.11. The molecular weight excluding hydrogens is 504 g/mol. The number of urea groups is 1. The predicted octanol–water partition coefficient (Wildman–Crippen LogP) is 5.73. The van der Waals surface area contributed by atoms with Crippen molar-refractivity contribution in [1.29, 1.82) is 0 Å². The van der Waals surface area contributed by atoms with Gasteiger partial charge in [0.05, 0.1) is 24.9 Å². The number of fused-ring (bicyclic) bond motifs is 1. The van der Waals surface area contributed by atoms with Crippen LogP contribution in [-0.2, 0) is 6.42 Å². The van der Waals surface area contributed by atoms with Crippen LogP contribution in [0.25, 0.3) is 0 Å². The molecule has 34 heavy (non-hydrogen) atoms. The number of ether oxygens (including phenoxy) is 1. The van der Waals surface area contributed by atoms with Crippen LogP contribution in [-0.4, -0.2) is 35.6 Å². The molecule has 3 rings (SSSR count). The van der Waals surface area contributed by atoms with Crippen LogP contribution in [0.4, 0.5) is 43.1 Å². The van der Waals surface area contributed by atoms with E-state index in [4.69, 9.17) is 0 Å². The summed E-state index contributed by atoms with van der Waals surface area (Å²) in [5, 5.41) is 23.8. The Kier molecular flexibility index (Phi) is 5.78. The molecule has 2 aromatic rings. The number of halogens is 8. The summed E-state index contributed by atoms with van der Waals surface area (Å²) < 4.78 is 111. The zero-order valence-electron chi connectivity index (χ0n) is 17.0. The number of carbonyl (C=O) groups excluding carboxylic acids is 1. The Morgan fingerprint density at radius 3 is 2.29 bits per heavy atom. The first-order valence-electron chi connectivity index (χ1n) is 9.36. The standard InChI is InChI=1S/C19H18F8N2O4S/c1-33-16-12(17(31)19(20,21)22)7-10(34(23,24,25,26)27)8-14(16)29-18(32)28-13-6-9-4-2-3-5-11(9)15(13)30/h2-5,7-8,13,15,17,30-31H,6H2,1H3,(H2,28,29,32)/t13-,15+,17+/m1/s1. The highest BCUT2D eigenvalue weighted by atomic mass is 32.5. The lowest BCUT2D eigenvalue weighted by Gasteiger charge is -2.41. The summed E-state index contributed by atoms with van der Waals surface area (Å²) in [6.45, 7) is 0. The van der Waals surface area contributed by atoms with Gasteiger partial charge in [-0.1, -0.05) is 43.7 Å². The van der Waals surface area contributed by atoms with Gasteiger partial charge in [0, 0.05) is 5.56 Å². The van der Waals surface area contributed by atoms with Crippen molar-refractivity contribution in [2.24, 2.45) is 0 Å². The van der Waals surface area contributed by atoms with E-state index >= 15 is 0 Å². The fourth-order valence-electron chi connectivity index (χ4n) is 3.58. The molecular formula is C19H18F8N2O4S. The molecule has 0 fully saturated rings. The summed E-state index contributed by atoms with van der Waals surface area (Å²) in [4.78, 5) is 9.62. The van der Waals surface area contributed by atoms with E-state index < -0.39 is 68.6 Å². The van der Waals surface area contributed by atoms with Crippen LogP contribution < -0.4 is 15.4 Å². The van der Waals surface area contributed by atoms with Gasteiger partial charge in [-0.15, -0.1) is 0 Å². The molecule has 15 heteroatoms. The number of rotatable bonds is 5. The normalized spacial score (nSPS) is 21.1. The zero-order chi connectivity index (χ0) is 25.8. The molecule has 0 aromatic heterocycles. The quantitative estimate of drug-likeness (QED) is 0.378. The maximum Gasteiger partial charge on any atom is 0.418 e. The van der Waals surface area contributed by atoms with E-state index in [1.165, 1.54) is 0 Å². The van der Waals surface area contributed by atoms with E-state index in [9.17, 15) is 47.6 Å². The minimum atomic E-state index is -10.6. The molecule has 1 aliphatic rings. The van der Waals surface area contributed by atoms with E-state index in [0.29, 0.717) is 18.2 Å². The zero-order valence-corrected chi connectivity index (χ0v) is 17.9. The van der Waals surface area contributed by atoms with Gasteiger partial charge in [0.2, 0.25) is 0 Å². The molecule has 190 valence electrons. The monoisotopic (exact) mass is 522 g/mol. The Hall–Kier alpha value is -2.78. The Bertz CT molecular complexity index is 1120. The van der Waals surface area contributed by atoms with Gasteiger partial charge < -0.3 is 25.6 Å². The average Bonchev–Trinajstić information content (AvgIpc) is 3.00. The van der Waals surface area contributed by atoms with E-state index in [0.717, 1.165) is 0 Å². The molecule has 2 amide bonds. The average molecular weight is 522 g/mol. The fraction of sp³-hybridized carbons (Fsp3) is 0.316. The lowest BCUT2D eigenvalue weighted by molar-refractivity contribution is -0.207. The van der Waals surface area contributed by atoms with Crippen molar-refractivity contribution in [1.82, 2.24) is 5.32 Å². The first-order valence-corrected chi connectivity index (χ1v) is 11.3. The number of aliphatic hydroxyl groups is 2. The molecule has 0 bridgehead atoms. The minimum absolute atomic E-state index is 0.117. The van der Waals surface area contributed by atoms with Gasteiger partial charge in [-0.2, -0.15) is 13.2 Å². The second kappa shape index (κ2) is 7.61. The maximum atomic E-state index is 13.4. The van der Waals surface area contributed by atoms with Crippen molar-refractivity contribution in [3.05, 3.63) is 53.1 Å². The van der Waals surface area contributed by atoms with E-state index in [-0.39, 0.29) is 12.5 Å². The van der Waals surface area contributed by atoms with Crippen molar-refractivity contribution < 1.29 is 52.3 Å². The van der Waals surface area contributed by atoms with Crippen molar-refractivity contribution >= 4 is 21.9 Å². The number of hydrogen-bond donors (Lipinski definition) is 4. The van der Waals surface area contributed by atoms with E-state index in [1.54, 1.807) is 29.6 Å². The highest BCUT2D eigenvalue weighted by molar-refractivity contribution is 8.45. The molecule has 0 saturated carbocycles. The first-order chi connectivity index (χ1) is 15.3. The fourth-order valence-corrected chi connectivity index (χ4v) is 4.27. The van der Waals surface area contributed by atoms with Gasteiger partial charge in [-0.25, -0.2) is 4.79 Å². The molecule has 0 saturated heterocycles. The van der Waals surface area contributed by atoms with Crippen molar-refractivity contribution in [3.63, 3.8) is 0 Å². The first kappa shape index (κ1) is 25.8. The number of amides is 2. The third-order valence-electron chi connectivity index (χ3n) is 5.10. The third-order valence-corrected chi connectivity index (χ3v) is 6.23. The van der Waals surface area contributed by atoms with Crippen LogP contribution in [0.2, 0.25) is 0 Å². The summed E-state index contributed by atoms with van der Waals surface area (Å²) in [6, 6.07) is 3.37. The molecule has 0 spiro atoms. The van der Waals surface area contributed by atoms with Gasteiger partial charge in [0.25, 0.3) is 0 Å². The highest BCUT2D eigenvalue weighted by Gasteiger charge is 2.66. The maximum absolute atomic E-state index is 13.4. The Balaban J connectivity index is 1.99. The van der Waals surface area contributed by atoms with Crippen LogP contribution in [0, 0.1) is 0 Å². The number of hydrogen-bond acceptors (Lipinski definition) is 4. The Morgan fingerprint density at radius 2 is 1.76 bits per heavy atom. The third kappa shape index (κ3) is 5.31. The predicted molar refractivity (Wildman–Crippen MR) is 106 cm³/mol. The van der Waals surface area contributed by atoms with Crippen LogP contribution in [0.5, 0.6) is 5.75 Å². The summed E-state index contributed by atoms with van der Waals surface area (Å²) in [5.41, 5.74) is -1.74. The number of alkyl halides is 3. The SMILES string of the molecule is COc1c(NC(=O)N[C@@H]2Cc3ccccc3[C@@H]2O)cc(S(F)(F)(F)(F)F)cc1[C@H](O)C(F)(F)F. The molecule has 6 nitrogen and oxygen atoms in total. The van der Waals surface area contributed by atoms with Crippen LogP contribution >= 0.6 is 10.2 Å². The van der Waals surface area contributed by atoms with Gasteiger partial charge in [0.15, 0.2) is 6.10 Å². The lowest BCUT2D eigenvalue weighted by atomic mass is 10.1. The van der Waals surface area contributed by atoms with Gasteiger partial charge in [-0.3, -0.25) is 0 Å². The molecule has 0 unspecified atom stereocenters. The Morgan fingerprint density at radius 1 is 1.15 bits per heavy atom. The van der Waals surface area contributed by atoms with Crippen LogP contribution in [0.3, 0.4) is 0 Å². The number of carbonyl (C=O) groups is 1. The molecule has 0 aliphatic heterocycles. The molecule has 0 radical (unpaired) electrons. The number of aliphatic hydroxyl groups excluding tert-OH is 2. The number of benzene rings is 2. The lowest BCUT2D eigenvalue weighted by Crippen LogP contribution is -2.40. The second-order valence-corrected chi connectivity index (χ2v) is 9.97. The van der Waals surface area contributed by atoms with E-state index in [2.05, 4.69) is 10.1 Å². The smallest absolute Gasteiger partial charge is 0.418 e. The number of methoxy groups -OCH3 is 1. The highest BCUT2D eigenvalue weighted by Crippen LogP contribution is 3.02. The van der Waals surface area contributed by atoms with Crippen LogP contribution in [0.15, 0.2) is 41.3 Å². The summed E-state index contributed by atoms with van der Waals surface area (Å²) in [7, 11) is -9.84. The minimum Gasteiger partial charge on any atom is -0.494 e. The molecule has 3 atom stereocenters. The molecule has 1 aliphatic carbocycles. The van der Waals surface area contributed by atoms with E-state index in [1.807, 2.05) is 0 Å². The van der Waals surface area contributed by atoms with Crippen molar-refractivity contribution in [2.45, 2.75) is 35.7 Å². The van der Waals surface area contributed by atoms with Crippen molar-refractivity contribution in [3.8, 4) is 5.75 Å². The molecule has 4 N–H and O–H groups in total. The number of anilines is 1. The summed E-state index contributed by atoms with van der Waals surface area (Å²) >= 11 is 0.